The van der Waals surface area contributed by atoms with Crippen LogP contribution in [0.2, 0.25) is 0 Å². The molecular formula is C22H27N3O5. The second-order valence-electron chi connectivity index (χ2n) is 7.56. The summed E-state index contributed by atoms with van der Waals surface area (Å²) >= 11 is 0. The van der Waals surface area contributed by atoms with E-state index in [4.69, 9.17) is 18.9 Å². The lowest BCUT2D eigenvalue weighted by Crippen LogP contribution is -2.23. The molecular weight excluding hydrogens is 386 g/mol. The van der Waals surface area contributed by atoms with Crippen molar-refractivity contribution in [2.75, 3.05) is 39.8 Å². The van der Waals surface area contributed by atoms with Crippen LogP contribution in [0.4, 0.5) is 5.95 Å². The van der Waals surface area contributed by atoms with E-state index < -0.39 is 0 Å². The van der Waals surface area contributed by atoms with Gasteiger partial charge in [0, 0.05) is 25.8 Å². The third kappa shape index (κ3) is 4.05. The molecule has 1 aliphatic carbocycles. The number of methoxy groups -OCH3 is 3. The van der Waals surface area contributed by atoms with Crippen LogP contribution in [0.3, 0.4) is 0 Å². The van der Waals surface area contributed by atoms with Crippen LogP contribution >= 0.6 is 0 Å². The van der Waals surface area contributed by atoms with Crippen LogP contribution in [0.25, 0.3) is 0 Å². The fraction of sp³-hybridized carbons (Fsp3) is 0.500. The lowest BCUT2D eigenvalue weighted by Gasteiger charge is -2.25. The highest BCUT2D eigenvalue weighted by molar-refractivity contribution is 5.98. The minimum absolute atomic E-state index is 0.0281. The first-order chi connectivity index (χ1) is 14.6. The first-order valence-electron chi connectivity index (χ1n) is 10.2. The number of nitrogens with one attached hydrogen (secondary N) is 1. The van der Waals surface area contributed by atoms with E-state index in [9.17, 15) is 4.79 Å². The van der Waals surface area contributed by atoms with Crippen molar-refractivity contribution >= 4 is 11.7 Å². The normalized spacial score (nSPS) is 20.6. The first kappa shape index (κ1) is 20.4. The fourth-order valence-electron chi connectivity index (χ4n) is 4.11. The second-order valence-corrected chi connectivity index (χ2v) is 7.56. The molecule has 1 fully saturated rings. The number of nitrogens with zero attached hydrogens (tertiary/aromatic N) is 2. The maximum Gasteiger partial charge on any atom is 0.222 e. The van der Waals surface area contributed by atoms with Crippen molar-refractivity contribution < 1.29 is 23.7 Å². The van der Waals surface area contributed by atoms with E-state index in [0.717, 1.165) is 30.7 Å². The average molecular weight is 413 g/mol. The van der Waals surface area contributed by atoms with E-state index in [1.807, 2.05) is 12.1 Å². The molecule has 2 atom stereocenters. The zero-order valence-corrected chi connectivity index (χ0v) is 17.6. The quantitative estimate of drug-likeness (QED) is 0.741. The zero-order chi connectivity index (χ0) is 21.1. The SMILES string of the molecule is COc1cc([C@H]2CC(=O)c3cnc(NC[C@@H]4CCCO4)nc3C2)cc(OC)c1OC. The van der Waals surface area contributed by atoms with Crippen molar-refractivity contribution in [3.63, 3.8) is 0 Å². The molecule has 2 aromatic rings. The Bertz CT molecular complexity index is 902. The summed E-state index contributed by atoms with van der Waals surface area (Å²) in [5, 5.41) is 3.24. The molecule has 1 N–H and O–H groups in total. The fourth-order valence-corrected chi connectivity index (χ4v) is 4.11. The Hall–Kier alpha value is -2.87. The largest absolute Gasteiger partial charge is 0.493 e. The Morgan fingerprint density at radius 3 is 2.53 bits per heavy atom. The molecule has 30 heavy (non-hydrogen) atoms. The van der Waals surface area contributed by atoms with Gasteiger partial charge in [0.25, 0.3) is 0 Å². The van der Waals surface area contributed by atoms with Gasteiger partial charge in [0.2, 0.25) is 11.7 Å². The van der Waals surface area contributed by atoms with Crippen molar-refractivity contribution in [3.05, 3.63) is 35.2 Å². The number of carbonyl (C=O) groups excluding carboxylic acids is 1. The van der Waals surface area contributed by atoms with E-state index in [2.05, 4.69) is 15.3 Å². The third-order valence-electron chi connectivity index (χ3n) is 5.71. The number of aromatic nitrogens is 2. The van der Waals surface area contributed by atoms with Gasteiger partial charge in [-0.1, -0.05) is 0 Å². The van der Waals surface area contributed by atoms with Gasteiger partial charge < -0.3 is 24.3 Å². The summed E-state index contributed by atoms with van der Waals surface area (Å²) in [7, 11) is 4.74. The maximum atomic E-state index is 12.8. The minimum atomic E-state index is -0.0281. The predicted molar refractivity (Wildman–Crippen MR) is 111 cm³/mol. The first-order valence-corrected chi connectivity index (χ1v) is 10.2. The number of anilines is 1. The van der Waals surface area contributed by atoms with Crippen molar-refractivity contribution in [2.45, 2.75) is 37.7 Å². The monoisotopic (exact) mass is 413 g/mol. The van der Waals surface area contributed by atoms with E-state index >= 15 is 0 Å². The van der Waals surface area contributed by atoms with Crippen LogP contribution < -0.4 is 19.5 Å². The van der Waals surface area contributed by atoms with E-state index in [1.165, 1.54) is 0 Å². The van der Waals surface area contributed by atoms with Gasteiger partial charge in [-0.05, 0) is 42.9 Å². The predicted octanol–water partition coefficient (Wildman–Crippen LogP) is 3.01. The topological polar surface area (TPSA) is 91.8 Å². The molecule has 0 radical (unpaired) electrons. The maximum absolute atomic E-state index is 12.8. The summed E-state index contributed by atoms with van der Waals surface area (Å²) in [5.41, 5.74) is 2.31. The molecule has 160 valence electrons. The minimum Gasteiger partial charge on any atom is -0.493 e. The number of hydrogen-bond acceptors (Lipinski definition) is 8. The molecule has 0 saturated carbocycles. The summed E-state index contributed by atoms with van der Waals surface area (Å²) in [6, 6.07) is 3.81. The highest BCUT2D eigenvalue weighted by Gasteiger charge is 2.30. The smallest absolute Gasteiger partial charge is 0.222 e. The summed E-state index contributed by atoms with van der Waals surface area (Å²) < 4.78 is 22.0. The number of rotatable bonds is 7. The highest BCUT2D eigenvalue weighted by Crippen LogP contribution is 2.42. The average Bonchev–Trinajstić information content (AvgIpc) is 3.30. The van der Waals surface area contributed by atoms with Gasteiger partial charge >= 0.3 is 0 Å². The van der Waals surface area contributed by atoms with E-state index in [-0.39, 0.29) is 17.8 Å². The van der Waals surface area contributed by atoms with Crippen LogP contribution in [-0.2, 0) is 11.2 Å². The Kier molecular flexibility index (Phi) is 6.03. The van der Waals surface area contributed by atoms with Crippen LogP contribution in [-0.4, -0.2) is 56.3 Å². The Labute approximate surface area is 175 Å². The Morgan fingerprint density at radius 2 is 1.90 bits per heavy atom. The van der Waals surface area contributed by atoms with Crippen LogP contribution in [0.1, 0.15) is 46.8 Å². The van der Waals surface area contributed by atoms with Gasteiger partial charge in [-0.15, -0.1) is 0 Å². The van der Waals surface area contributed by atoms with Crippen LogP contribution in [0, 0.1) is 0 Å². The summed E-state index contributed by atoms with van der Waals surface area (Å²) in [6.07, 6.45) is 4.97. The molecule has 1 aromatic heterocycles. The number of Topliss-reactive ketones (excluding diaryl/α,β-unsaturated/α-hetero) is 1. The Morgan fingerprint density at radius 1 is 1.13 bits per heavy atom. The van der Waals surface area contributed by atoms with E-state index in [1.54, 1.807) is 27.5 Å². The number of benzene rings is 1. The second kappa shape index (κ2) is 8.87. The van der Waals surface area contributed by atoms with Crippen molar-refractivity contribution in [2.24, 2.45) is 0 Å². The molecule has 0 spiro atoms. The molecule has 8 nitrogen and oxygen atoms in total. The number of ketones is 1. The number of hydrogen-bond donors (Lipinski definition) is 1. The molecule has 4 rings (SSSR count). The van der Waals surface area contributed by atoms with Crippen molar-refractivity contribution in [3.8, 4) is 17.2 Å². The third-order valence-corrected chi connectivity index (χ3v) is 5.71. The molecule has 0 bridgehead atoms. The summed E-state index contributed by atoms with van der Waals surface area (Å²) in [4.78, 5) is 21.7. The lowest BCUT2D eigenvalue weighted by molar-refractivity contribution is 0.0962. The molecule has 2 aliphatic rings. The van der Waals surface area contributed by atoms with Crippen LogP contribution in [0.15, 0.2) is 18.3 Å². The lowest BCUT2D eigenvalue weighted by atomic mass is 9.82. The van der Waals surface area contributed by atoms with Crippen molar-refractivity contribution in [1.82, 2.24) is 9.97 Å². The van der Waals surface area contributed by atoms with Crippen LogP contribution in [0.5, 0.6) is 17.2 Å². The molecule has 8 heteroatoms. The number of ether oxygens (including phenoxy) is 4. The van der Waals surface area contributed by atoms with E-state index in [0.29, 0.717) is 48.1 Å². The molecule has 1 saturated heterocycles. The zero-order valence-electron chi connectivity index (χ0n) is 17.6. The van der Waals surface area contributed by atoms with Gasteiger partial charge in [-0.2, -0.15) is 0 Å². The standard InChI is InChI=1S/C22H27N3O5/c1-27-19-9-14(10-20(28-2)21(19)29-3)13-7-17-16(18(26)8-13)12-24-22(25-17)23-11-15-5-4-6-30-15/h9-10,12-13,15H,4-8,11H2,1-3H3,(H,23,24,25)/t13-,15+/m1/s1. The molecule has 0 unspecified atom stereocenters. The summed E-state index contributed by atoms with van der Waals surface area (Å²) in [5.74, 6) is 2.23. The van der Waals surface area contributed by atoms with Gasteiger partial charge in [0.15, 0.2) is 17.3 Å². The number of carbonyl (C=O) groups is 1. The van der Waals surface area contributed by atoms with Crippen molar-refractivity contribution in [1.29, 1.82) is 0 Å². The molecule has 1 aromatic carbocycles. The summed E-state index contributed by atoms with van der Waals surface area (Å²) in [6.45, 7) is 1.48. The Balaban J connectivity index is 1.57. The molecule has 0 amide bonds. The highest BCUT2D eigenvalue weighted by atomic mass is 16.5. The van der Waals surface area contributed by atoms with Gasteiger partial charge in [-0.25, -0.2) is 9.97 Å². The van der Waals surface area contributed by atoms with Gasteiger partial charge in [0.1, 0.15) is 0 Å². The number of fused-ring (bicyclic) bond motifs is 1. The van der Waals surface area contributed by atoms with Gasteiger partial charge in [0.05, 0.1) is 38.7 Å². The molecule has 1 aliphatic heterocycles. The van der Waals surface area contributed by atoms with Gasteiger partial charge in [-0.3, -0.25) is 4.79 Å². The molecule has 2 heterocycles.